The number of fused-ring (bicyclic) bond motifs is 1. The van der Waals surface area contributed by atoms with E-state index in [2.05, 4.69) is 51.0 Å². The molecule has 0 spiro atoms. The number of nitrogens with zero attached hydrogens (tertiary/aromatic N) is 3. The minimum absolute atomic E-state index is 0.0473. The van der Waals surface area contributed by atoms with Gasteiger partial charge < -0.3 is 9.47 Å². The highest BCUT2D eigenvalue weighted by Crippen LogP contribution is 2.30. The lowest BCUT2D eigenvalue weighted by Crippen LogP contribution is -2.30. The highest BCUT2D eigenvalue weighted by atomic mass is 79.9. The van der Waals surface area contributed by atoms with Crippen molar-refractivity contribution in [1.82, 2.24) is 14.4 Å². The Labute approximate surface area is 178 Å². The highest BCUT2D eigenvalue weighted by Gasteiger charge is 2.34. The highest BCUT2D eigenvalue weighted by molar-refractivity contribution is 9.10. The van der Waals surface area contributed by atoms with Crippen molar-refractivity contribution in [1.29, 1.82) is 0 Å². The van der Waals surface area contributed by atoms with Crippen molar-refractivity contribution < 1.29 is 4.79 Å². The van der Waals surface area contributed by atoms with Gasteiger partial charge in [-0.15, -0.1) is 0 Å². The van der Waals surface area contributed by atoms with Gasteiger partial charge in [0.05, 0.1) is 0 Å². The molecule has 0 N–H and O–H groups in total. The van der Waals surface area contributed by atoms with Crippen LogP contribution in [0.4, 0.5) is 0 Å². The second-order valence-electron chi connectivity index (χ2n) is 6.78. The molecule has 0 atom stereocenters. The quantitative estimate of drug-likeness (QED) is 0.416. The summed E-state index contributed by atoms with van der Waals surface area (Å²) in [6, 6.07) is 16.6. The van der Waals surface area contributed by atoms with Crippen LogP contribution in [-0.2, 0) is 11.3 Å². The number of amides is 1. The first-order chi connectivity index (χ1) is 13.5. The minimum atomic E-state index is -0.0473. The summed E-state index contributed by atoms with van der Waals surface area (Å²) in [7, 11) is 1.85. The molecule has 4 nitrogen and oxygen atoms in total. The zero-order valence-corrected chi connectivity index (χ0v) is 18.1. The monoisotopic (exact) mass is 453 g/mol. The molecule has 142 valence electrons. The first-order valence-electron chi connectivity index (χ1n) is 9.13. The van der Waals surface area contributed by atoms with Gasteiger partial charge in [-0.05, 0) is 49.0 Å². The minimum Gasteiger partial charge on any atom is -0.342 e. The third-order valence-electron chi connectivity index (χ3n) is 5.02. The SMILES string of the molecule is CCN1C(=O)/C(=C/c2cn(Cc3ccccc3)c3ccc(Br)cc23)N(C)C1=S. The summed E-state index contributed by atoms with van der Waals surface area (Å²) in [5.41, 5.74) is 3.96. The second-order valence-corrected chi connectivity index (χ2v) is 8.06. The van der Waals surface area contributed by atoms with Crippen LogP contribution in [0, 0.1) is 0 Å². The summed E-state index contributed by atoms with van der Waals surface area (Å²) in [5.74, 6) is -0.0473. The summed E-state index contributed by atoms with van der Waals surface area (Å²) >= 11 is 8.99. The fourth-order valence-electron chi connectivity index (χ4n) is 3.56. The van der Waals surface area contributed by atoms with Crippen LogP contribution in [0.2, 0.25) is 0 Å². The van der Waals surface area contributed by atoms with Crippen LogP contribution < -0.4 is 0 Å². The van der Waals surface area contributed by atoms with Crippen LogP contribution in [0.3, 0.4) is 0 Å². The zero-order chi connectivity index (χ0) is 19.8. The van der Waals surface area contributed by atoms with Crippen LogP contribution in [0.5, 0.6) is 0 Å². The fourth-order valence-corrected chi connectivity index (χ4v) is 4.23. The number of carbonyl (C=O) groups excluding carboxylic acids is 1. The summed E-state index contributed by atoms with van der Waals surface area (Å²) in [5, 5.41) is 1.65. The Kier molecular flexibility index (Phi) is 5.08. The maximum Gasteiger partial charge on any atom is 0.276 e. The van der Waals surface area contributed by atoms with Crippen molar-refractivity contribution in [2.45, 2.75) is 13.5 Å². The molecule has 1 aromatic heterocycles. The zero-order valence-electron chi connectivity index (χ0n) is 15.7. The average Bonchev–Trinajstić information content (AvgIpc) is 3.12. The lowest BCUT2D eigenvalue weighted by Gasteiger charge is -2.13. The van der Waals surface area contributed by atoms with Gasteiger partial charge in [0, 0.05) is 47.3 Å². The maximum atomic E-state index is 12.8. The van der Waals surface area contributed by atoms with Gasteiger partial charge >= 0.3 is 0 Å². The maximum absolute atomic E-state index is 12.8. The Bertz CT molecular complexity index is 1100. The molecule has 6 heteroatoms. The summed E-state index contributed by atoms with van der Waals surface area (Å²) in [6.07, 6.45) is 4.05. The van der Waals surface area contributed by atoms with Crippen LogP contribution in [0.15, 0.2) is 64.9 Å². The van der Waals surface area contributed by atoms with Gasteiger partial charge in [0.1, 0.15) is 5.70 Å². The lowest BCUT2D eigenvalue weighted by atomic mass is 10.1. The number of hydrogen-bond acceptors (Lipinski definition) is 2. The van der Waals surface area contributed by atoms with E-state index in [1.807, 2.05) is 44.3 Å². The number of rotatable bonds is 4. The van der Waals surface area contributed by atoms with Crippen LogP contribution in [0.1, 0.15) is 18.1 Å². The van der Waals surface area contributed by atoms with Crippen molar-refractivity contribution in [3.05, 3.63) is 76.0 Å². The van der Waals surface area contributed by atoms with Crippen molar-refractivity contribution in [2.75, 3.05) is 13.6 Å². The molecule has 2 aromatic carbocycles. The number of likely N-dealkylation sites (N-methyl/N-ethyl adjacent to an activating group) is 2. The normalized spacial score (nSPS) is 16.0. The Hall–Kier alpha value is -2.44. The molecular weight excluding hydrogens is 434 g/mol. The molecule has 2 heterocycles. The van der Waals surface area contributed by atoms with Crippen molar-refractivity contribution in [2.24, 2.45) is 0 Å². The topological polar surface area (TPSA) is 28.5 Å². The molecule has 4 rings (SSSR count). The molecule has 1 amide bonds. The molecule has 0 bridgehead atoms. The van der Waals surface area contributed by atoms with E-state index in [-0.39, 0.29) is 5.91 Å². The molecule has 1 saturated heterocycles. The number of aromatic nitrogens is 1. The first-order valence-corrected chi connectivity index (χ1v) is 10.3. The van der Waals surface area contributed by atoms with E-state index >= 15 is 0 Å². The Morgan fingerprint density at radius 1 is 1.14 bits per heavy atom. The number of benzene rings is 2. The summed E-state index contributed by atoms with van der Waals surface area (Å²) in [6.45, 7) is 3.27. The molecule has 28 heavy (non-hydrogen) atoms. The predicted octanol–water partition coefficient (Wildman–Crippen LogP) is 4.87. The molecule has 1 aliphatic heterocycles. The molecule has 1 fully saturated rings. The third kappa shape index (κ3) is 3.27. The average molecular weight is 454 g/mol. The standard InChI is InChI=1S/C22H20BrN3OS/c1-3-26-21(27)20(24(2)22(26)28)11-16-14-25(13-15-7-5-4-6-8-15)19-10-9-17(23)12-18(16)19/h4-12,14H,3,13H2,1-2H3/b20-11-. The van der Waals surface area contributed by atoms with Crippen molar-refractivity contribution in [3.8, 4) is 0 Å². The van der Waals surface area contributed by atoms with Gasteiger partial charge in [-0.2, -0.15) is 0 Å². The van der Waals surface area contributed by atoms with E-state index in [1.165, 1.54) is 5.56 Å². The number of thiocarbonyl (C=S) groups is 1. The van der Waals surface area contributed by atoms with Crippen LogP contribution in [-0.4, -0.2) is 39.0 Å². The first kappa shape index (κ1) is 18.9. The van der Waals surface area contributed by atoms with E-state index in [0.717, 1.165) is 27.5 Å². The number of hydrogen-bond donors (Lipinski definition) is 0. The molecule has 0 unspecified atom stereocenters. The Morgan fingerprint density at radius 3 is 2.57 bits per heavy atom. The van der Waals surface area contributed by atoms with Crippen LogP contribution in [0.25, 0.3) is 17.0 Å². The van der Waals surface area contributed by atoms with Crippen molar-refractivity contribution >= 4 is 56.1 Å². The number of carbonyl (C=O) groups is 1. The van der Waals surface area contributed by atoms with E-state index in [9.17, 15) is 4.79 Å². The smallest absolute Gasteiger partial charge is 0.276 e. The molecule has 0 radical (unpaired) electrons. The van der Waals surface area contributed by atoms with Gasteiger partial charge in [0.25, 0.3) is 5.91 Å². The Balaban J connectivity index is 1.82. The number of halogens is 1. The van der Waals surface area contributed by atoms with E-state index in [4.69, 9.17) is 12.2 Å². The largest absolute Gasteiger partial charge is 0.342 e. The molecule has 3 aromatic rings. The van der Waals surface area contributed by atoms with Gasteiger partial charge in [-0.1, -0.05) is 46.3 Å². The van der Waals surface area contributed by atoms with Crippen molar-refractivity contribution in [3.63, 3.8) is 0 Å². The van der Waals surface area contributed by atoms with E-state index in [0.29, 0.717) is 17.4 Å². The molecule has 1 aliphatic rings. The van der Waals surface area contributed by atoms with Gasteiger partial charge in [0.15, 0.2) is 5.11 Å². The lowest BCUT2D eigenvalue weighted by molar-refractivity contribution is -0.122. The molecular formula is C22H20BrN3OS. The van der Waals surface area contributed by atoms with Gasteiger partial charge in [0.2, 0.25) is 0 Å². The fraction of sp³-hybridized carbons (Fsp3) is 0.182. The van der Waals surface area contributed by atoms with E-state index < -0.39 is 0 Å². The molecule has 0 saturated carbocycles. The second kappa shape index (κ2) is 7.53. The van der Waals surface area contributed by atoms with E-state index in [1.54, 1.807) is 9.80 Å². The molecule has 0 aliphatic carbocycles. The summed E-state index contributed by atoms with van der Waals surface area (Å²) < 4.78 is 3.23. The predicted molar refractivity (Wildman–Crippen MR) is 121 cm³/mol. The Morgan fingerprint density at radius 2 is 1.89 bits per heavy atom. The van der Waals surface area contributed by atoms with Gasteiger partial charge in [-0.25, -0.2) is 0 Å². The van der Waals surface area contributed by atoms with Gasteiger partial charge in [-0.3, -0.25) is 9.69 Å². The third-order valence-corrected chi connectivity index (χ3v) is 6.01. The van der Waals surface area contributed by atoms with Crippen LogP contribution >= 0.6 is 28.1 Å². The summed E-state index contributed by atoms with van der Waals surface area (Å²) in [4.78, 5) is 16.2.